The van der Waals surface area contributed by atoms with Crippen molar-refractivity contribution in [2.75, 3.05) is 6.61 Å². The lowest BCUT2D eigenvalue weighted by atomic mass is 9.83. The van der Waals surface area contributed by atoms with Gasteiger partial charge in [0.2, 0.25) is 22.7 Å². The molecule has 4 heterocycles. The average molecular weight is 1870 g/mol. The summed E-state index contributed by atoms with van der Waals surface area (Å²) < 4.78 is 10.0. The van der Waals surface area contributed by atoms with Crippen molar-refractivity contribution in [2.24, 2.45) is 62.1 Å². The minimum absolute atomic E-state index is 0.0224. The monoisotopic (exact) mass is 1870 g/mol. The highest BCUT2D eigenvalue weighted by atomic mass is 79.9. The summed E-state index contributed by atoms with van der Waals surface area (Å²) in [6.45, 7) is 39.4. The predicted molar refractivity (Wildman–Crippen MR) is 478 cm³/mol. The third-order valence-electron chi connectivity index (χ3n) is 21.2. The van der Waals surface area contributed by atoms with Crippen LogP contribution in [0.1, 0.15) is 170 Å². The number of nitrogens with zero attached hydrogens (tertiary/aromatic N) is 16. The van der Waals surface area contributed by atoms with E-state index in [2.05, 4.69) is 92.2 Å². The lowest BCUT2D eigenvalue weighted by Gasteiger charge is -2.20. The quantitative estimate of drug-likeness (QED) is 0.0473. The summed E-state index contributed by atoms with van der Waals surface area (Å²) in [5.74, 6) is -4.65. The molecule has 12 aromatic rings. The Labute approximate surface area is 751 Å². The van der Waals surface area contributed by atoms with Crippen molar-refractivity contribution in [1.82, 2.24) is 18.3 Å². The lowest BCUT2D eigenvalue weighted by Crippen LogP contribution is -2.22. The number of hydrogen-bond donors (Lipinski definition) is 4. The van der Waals surface area contributed by atoms with Crippen molar-refractivity contribution in [3.05, 3.63) is 364 Å². The van der Waals surface area contributed by atoms with Crippen molar-refractivity contribution >= 4 is 158 Å². The number of hydrogen-bond acceptors (Lipinski definition) is 25. The molecule has 0 spiro atoms. The summed E-state index contributed by atoms with van der Waals surface area (Å²) in [5.41, 5.74) is 0.608. The molecule has 16 rings (SSSR count). The minimum Gasteiger partial charge on any atom is -0.503 e. The maximum absolute atomic E-state index is 13.3. The van der Waals surface area contributed by atoms with E-state index in [1.807, 2.05) is 13.8 Å². The van der Waals surface area contributed by atoms with Gasteiger partial charge in [-0.25, -0.2) is 19.4 Å². The molecule has 129 heavy (non-hydrogen) atoms. The largest absolute Gasteiger partial charge is 0.503 e. The van der Waals surface area contributed by atoms with E-state index in [4.69, 9.17) is 42.6 Å². The van der Waals surface area contributed by atoms with Crippen molar-refractivity contribution in [3.63, 3.8) is 0 Å². The van der Waals surface area contributed by atoms with E-state index in [0.29, 0.717) is 38.7 Å². The number of rotatable bonds is 13. The molecule has 0 fully saturated rings. The smallest absolute Gasteiger partial charge is 0.279 e. The first-order valence-electron chi connectivity index (χ1n) is 38.4. The highest BCUT2D eigenvalue weighted by Crippen LogP contribution is 2.46. The molecule has 638 valence electrons. The topological polar surface area (TPSA) is 431 Å². The van der Waals surface area contributed by atoms with Crippen molar-refractivity contribution < 1.29 is 63.5 Å². The van der Waals surface area contributed by atoms with E-state index in [1.165, 1.54) is 73.1 Å². The SMILES string of the molecule is [C-]#[N+]c1c(C)c(N=Nc2c(Br)cc(Br)c3c2C(=O)c2ccccc2C3=O)c(=O)n(C)c1O.[C-]#[N+]c1c(C)c(N=Nc2cc(Cl)cc3c2C(=O)c2ccccc2C3=O)c(=O)n(C)c1O.[C-]#[N+]c1c(C)c(N=Nc2cccc3c2C(=O)c2ccccc2C3=O)c(=O)n(C)c1O.[C-]#[N+]c1c(C)c(N=Nc2cccc3c2C(=O)c2ccccc2C3=O)c(=O)n(CCCOC(C)C)c1O. The number of fused-ring (bicyclic) bond motifs is 8. The number of aromatic hydroxyl groups is 4. The minimum atomic E-state index is -0.671. The molecular weight excluding hydrogens is 1810 g/mol. The zero-order valence-electron chi connectivity index (χ0n) is 69.0. The molecule has 4 aliphatic rings. The van der Waals surface area contributed by atoms with Gasteiger partial charge in [-0.3, -0.25) is 75.8 Å². The van der Waals surface area contributed by atoms with Gasteiger partial charge in [0.25, 0.3) is 22.2 Å². The Bertz CT molecular complexity index is 7640. The van der Waals surface area contributed by atoms with Crippen LogP contribution in [0.2, 0.25) is 5.02 Å². The molecule has 0 amide bonds. The molecule has 0 unspecified atom stereocenters. The number of carbonyl (C=O) groups excluding carboxylic acids is 8. The number of ether oxygens (including phenoxy) is 1. The Morgan fingerprint density at radius 3 is 1.01 bits per heavy atom. The van der Waals surface area contributed by atoms with Gasteiger partial charge in [0.05, 0.1) is 77.3 Å². The number of pyridine rings is 4. The van der Waals surface area contributed by atoms with Crippen LogP contribution in [-0.4, -0.2) is 97.7 Å². The van der Waals surface area contributed by atoms with Gasteiger partial charge in [-0.15, -0.1) is 40.9 Å². The van der Waals surface area contributed by atoms with E-state index in [9.17, 15) is 78.0 Å². The first kappa shape index (κ1) is 90.4. The summed E-state index contributed by atoms with van der Waals surface area (Å²) in [4.78, 5) is 168. The summed E-state index contributed by atoms with van der Waals surface area (Å²) >= 11 is 12.9. The van der Waals surface area contributed by atoms with Gasteiger partial charge in [0, 0.05) is 109 Å². The summed E-state index contributed by atoms with van der Waals surface area (Å²) in [6.07, 6.45) is 0.458. The molecule has 0 saturated carbocycles. The van der Waals surface area contributed by atoms with Gasteiger partial charge in [-0.05, 0) is 132 Å². The highest BCUT2D eigenvalue weighted by molar-refractivity contribution is 9.11. The molecule has 4 N–H and O–H groups in total. The number of aromatic nitrogens is 4. The molecule has 4 aliphatic carbocycles. The fourth-order valence-electron chi connectivity index (χ4n) is 14.5. The fourth-order valence-corrected chi connectivity index (χ4v) is 16.1. The molecule has 0 atom stereocenters. The van der Waals surface area contributed by atoms with Crippen molar-refractivity contribution in [2.45, 2.75) is 60.6 Å². The number of azo groups is 4. The van der Waals surface area contributed by atoms with Crippen LogP contribution in [0.3, 0.4) is 0 Å². The van der Waals surface area contributed by atoms with Gasteiger partial charge in [-0.1, -0.05) is 133 Å². The molecule has 33 nitrogen and oxygen atoms in total. The zero-order valence-corrected chi connectivity index (χ0v) is 72.9. The molecule has 36 heteroatoms. The van der Waals surface area contributed by atoms with Crippen LogP contribution in [-0.2, 0) is 32.4 Å². The normalized spacial score (nSPS) is 12.6. The maximum atomic E-state index is 13.3. The van der Waals surface area contributed by atoms with E-state index in [-0.39, 0.29) is 215 Å². The third-order valence-corrected chi connectivity index (χ3v) is 22.7. The maximum Gasteiger partial charge on any atom is 0.279 e. The van der Waals surface area contributed by atoms with Crippen LogP contribution in [0.4, 0.5) is 68.2 Å². The van der Waals surface area contributed by atoms with Crippen molar-refractivity contribution in [3.8, 4) is 23.5 Å². The molecular formula is C93H63Br2ClN16O17. The Kier molecular flexibility index (Phi) is 25.8. The summed E-state index contributed by atoms with van der Waals surface area (Å²) in [6, 6.07) is 39.7. The van der Waals surface area contributed by atoms with E-state index in [1.54, 1.807) is 127 Å². The Balaban J connectivity index is 0.000000147. The van der Waals surface area contributed by atoms with Crippen LogP contribution in [0, 0.1) is 54.0 Å². The summed E-state index contributed by atoms with van der Waals surface area (Å²) in [5, 5.41) is 73.2. The fraction of sp³-hybridized carbons (Fsp3) is 0.140. The van der Waals surface area contributed by atoms with Crippen LogP contribution in [0.15, 0.2) is 221 Å². The Morgan fingerprint density at radius 1 is 0.349 bits per heavy atom. The van der Waals surface area contributed by atoms with Gasteiger partial charge in [0.1, 0.15) is 28.4 Å². The van der Waals surface area contributed by atoms with Crippen LogP contribution in [0.5, 0.6) is 23.5 Å². The number of halogens is 3. The second kappa shape index (κ2) is 36.9. The van der Waals surface area contributed by atoms with E-state index in [0.717, 1.165) is 18.3 Å². The second-order valence-corrected chi connectivity index (χ2v) is 31.3. The number of carbonyl (C=O) groups is 8. The molecule has 0 radical (unpaired) electrons. The Hall–Kier alpha value is -16.3. The third kappa shape index (κ3) is 16.4. The molecule has 4 aromatic heterocycles. The number of benzene rings is 8. The van der Waals surface area contributed by atoms with E-state index < -0.39 is 57.3 Å². The van der Waals surface area contributed by atoms with Gasteiger partial charge < -0.3 is 25.2 Å². The lowest BCUT2D eigenvalue weighted by molar-refractivity contribution is 0.0743. The molecule has 8 aromatic carbocycles. The zero-order chi connectivity index (χ0) is 93.3. The predicted octanol–water partition coefficient (Wildman–Crippen LogP) is 20.0. The molecule has 0 bridgehead atoms. The standard InChI is InChI=1S/C27H24N4O5.C22H12Br2N4O4.C22H13ClN4O4.C22H14N4O4/c1-15(2)36-14-8-13-31-26(34)22(28-4)16(3)23(27(31)35)30-29-20-12-7-11-19-21(20)25(33)18-10-6-5-9-17(18)24(19)32;1-9-16(25-2)21(31)28(3)22(32)17(9)26-27-18-13(24)8-12(23)14-15(18)20(30)11-7-5-4-6-10(11)19(14)29;1-10-17(24-2)21(30)27(3)22(31)18(10)26-25-15-9-11(23)8-14-16(15)20(29)13-7-5-4-6-12(13)19(14)28;1-11-17(23-2)21(29)26(3)22(30)18(11)25-24-15-10-6-9-14-16(15)20(28)13-8-5-4-7-12(13)19(14)27/h5-7,9-12,15,34H,8,13-14H2,1-3H3;4-8,31H,1,3H3;4-9,30H,1,3H3;4-10,29H,1,3H3. The van der Waals surface area contributed by atoms with E-state index >= 15 is 0 Å². The second-order valence-electron chi connectivity index (χ2n) is 29.2. The Morgan fingerprint density at radius 2 is 0.643 bits per heavy atom. The average Bonchev–Trinajstić information content (AvgIpc) is 0.746. The van der Waals surface area contributed by atoms with Crippen LogP contribution in [0.25, 0.3) is 19.4 Å². The molecule has 0 aliphatic heterocycles. The summed E-state index contributed by atoms with van der Waals surface area (Å²) in [7, 11) is 3.92. The first-order chi connectivity index (χ1) is 61.6. The number of ketones is 8. The van der Waals surface area contributed by atoms with Gasteiger partial charge >= 0.3 is 0 Å². The van der Waals surface area contributed by atoms with Gasteiger partial charge in [0.15, 0.2) is 69.8 Å². The van der Waals surface area contributed by atoms with Crippen LogP contribution >= 0.6 is 43.5 Å². The molecule has 0 saturated heterocycles. The highest BCUT2D eigenvalue weighted by Gasteiger charge is 2.38. The van der Waals surface area contributed by atoms with Crippen LogP contribution < -0.4 is 22.2 Å². The van der Waals surface area contributed by atoms with Crippen molar-refractivity contribution in [1.29, 1.82) is 0 Å². The first-order valence-corrected chi connectivity index (χ1v) is 40.4. The van der Waals surface area contributed by atoms with Gasteiger partial charge in [-0.2, -0.15) is 0 Å².